The second-order valence-electron chi connectivity index (χ2n) is 3.70. The number of nitrogens with zero attached hydrogens (tertiary/aromatic N) is 2. The van der Waals surface area contributed by atoms with Crippen LogP contribution in [-0.2, 0) is 0 Å². The maximum absolute atomic E-state index is 11.8. The number of amides is 1. The quantitative estimate of drug-likeness (QED) is 0.752. The second-order valence-corrected chi connectivity index (χ2v) is 3.70. The van der Waals surface area contributed by atoms with Crippen molar-refractivity contribution < 1.29 is 9.32 Å². The van der Waals surface area contributed by atoms with Gasteiger partial charge in [0.25, 0.3) is 11.6 Å². The highest BCUT2D eigenvalue weighted by atomic mass is 16.5. The Hall–Kier alpha value is -1.95. The summed E-state index contributed by atoms with van der Waals surface area (Å²) in [6.07, 6.45) is 1.49. The number of likely N-dealkylation sites (N-methyl/N-ethyl adjacent to an activating group) is 1. The second kappa shape index (κ2) is 4.92. The number of pyridine rings is 1. The van der Waals surface area contributed by atoms with Crippen molar-refractivity contribution in [1.82, 2.24) is 20.8 Å². The minimum absolute atomic E-state index is 0.143. The smallest absolute Gasteiger partial charge is 0.257 e. The molecule has 0 atom stereocenters. The number of hydrogen-bond acceptors (Lipinski definition) is 5. The topological polar surface area (TPSA) is 80.0 Å². The van der Waals surface area contributed by atoms with E-state index in [1.54, 1.807) is 6.07 Å². The SMILES string of the molecule is CNCCNC(=O)c1cnc2onc(C)c2c1. The largest absolute Gasteiger partial charge is 0.351 e. The fraction of sp³-hybridized carbons (Fsp3) is 0.364. The number of aromatic nitrogens is 2. The minimum Gasteiger partial charge on any atom is -0.351 e. The molecule has 0 aromatic carbocycles. The van der Waals surface area contributed by atoms with Crippen LogP contribution < -0.4 is 10.6 Å². The predicted octanol–water partition coefficient (Wildman–Crippen LogP) is 0.480. The third-order valence-corrected chi connectivity index (χ3v) is 2.43. The van der Waals surface area contributed by atoms with E-state index in [4.69, 9.17) is 4.52 Å². The summed E-state index contributed by atoms with van der Waals surface area (Å²) in [7, 11) is 1.83. The van der Waals surface area contributed by atoms with Crippen LogP contribution in [0.25, 0.3) is 11.1 Å². The number of carbonyl (C=O) groups is 1. The highest BCUT2D eigenvalue weighted by Crippen LogP contribution is 2.16. The molecule has 0 saturated carbocycles. The highest BCUT2D eigenvalue weighted by Gasteiger charge is 2.10. The number of hydrogen-bond donors (Lipinski definition) is 2. The Morgan fingerprint density at radius 3 is 3.06 bits per heavy atom. The van der Waals surface area contributed by atoms with Crippen LogP contribution in [0.15, 0.2) is 16.8 Å². The van der Waals surface area contributed by atoms with Crippen molar-refractivity contribution in [3.8, 4) is 0 Å². The van der Waals surface area contributed by atoms with Crippen molar-refractivity contribution >= 4 is 17.0 Å². The molecular weight excluding hydrogens is 220 g/mol. The van der Waals surface area contributed by atoms with Gasteiger partial charge in [-0.05, 0) is 20.0 Å². The van der Waals surface area contributed by atoms with Gasteiger partial charge in [0.1, 0.15) is 0 Å². The van der Waals surface area contributed by atoms with Gasteiger partial charge in [0.05, 0.1) is 16.6 Å². The van der Waals surface area contributed by atoms with E-state index in [0.29, 0.717) is 17.8 Å². The molecule has 90 valence electrons. The van der Waals surface area contributed by atoms with Crippen LogP contribution in [-0.4, -0.2) is 36.2 Å². The van der Waals surface area contributed by atoms with Crippen LogP contribution in [0.2, 0.25) is 0 Å². The molecule has 2 heterocycles. The lowest BCUT2D eigenvalue weighted by Crippen LogP contribution is -2.30. The van der Waals surface area contributed by atoms with Crippen LogP contribution >= 0.6 is 0 Å². The molecule has 0 unspecified atom stereocenters. The summed E-state index contributed by atoms with van der Waals surface area (Å²) < 4.78 is 4.98. The maximum atomic E-state index is 11.8. The summed E-state index contributed by atoms with van der Waals surface area (Å²) in [6, 6.07) is 1.74. The van der Waals surface area contributed by atoms with E-state index < -0.39 is 0 Å². The standard InChI is InChI=1S/C11H14N4O2/c1-7-9-5-8(6-14-11(9)17-15-7)10(16)13-4-3-12-2/h5-6,12H,3-4H2,1-2H3,(H,13,16). The number of fused-ring (bicyclic) bond motifs is 1. The molecule has 0 spiro atoms. The Morgan fingerprint density at radius 2 is 2.29 bits per heavy atom. The molecule has 0 radical (unpaired) electrons. The van der Waals surface area contributed by atoms with Crippen molar-refractivity contribution in [3.63, 3.8) is 0 Å². The average molecular weight is 234 g/mol. The monoisotopic (exact) mass is 234 g/mol. The summed E-state index contributed by atoms with van der Waals surface area (Å²) in [6.45, 7) is 3.12. The zero-order valence-corrected chi connectivity index (χ0v) is 9.78. The van der Waals surface area contributed by atoms with E-state index in [-0.39, 0.29) is 5.91 Å². The fourth-order valence-electron chi connectivity index (χ4n) is 1.47. The van der Waals surface area contributed by atoms with Crippen LogP contribution in [0.5, 0.6) is 0 Å². The van der Waals surface area contributed by atoms with Crippen LogP contribution in [0, 0.1) is 6.92 Å². The lowest BCUT2D eigenvalue weighted by atomic mass is 10.2. The van der Waals surface area contributed by atoms with E-state index in [9.17, 15) is 4.79 Å². The molecule has 0 aliphatic carbocycles. The molecule has 2 N–H and O–H groups in total. The van der Waals surface area contributed by atoms with E-state index in [1.807, 2.05) is 14.0 Å². The van der Waals surface area contributed by atoms with Gasteiger partial charge in [-0.1, -0.05) is 5.16 Å². The summed E-state index contributed by atoms with van der Waals surface area (Å²) in [5.41, 5.74) is 1.70. The summed E-state index contributed by atoms with van der Waals surface area (Å²) in [5.74, 6) is -0.143. The van der Waals surface area contributed by atoms with Crippen molar-refractivity contribution in [1.29, 1.82) is 0 Å². The number of carbonyl (C=O) groups excluding carboxylic acids is 1. The van der Waals surface area contributed by atoms with Crippen molar-refractivity contribution in [2.24, 2.45) is 0 Å². The Morgan fingerprint density at radius 1 is 1.47 bits per heavy atom. The van der Waals surface area contributed by atoms with Crippen LogP contribution in [0.1, 0.15) is 16.1 Å². The van der Waals surface area contributed by atoms with E-state index in [0.717, 1.165) is 17.6 Å². The van der Waals surface area contributed by atoms with Gasteiger partial charge in [-0.3, -0.25) is 4.79 Å². The molecule has 6 nitrogen and oxygen atoms in total. The van der Waals surface area contributed by atoms with Crippen molar-refractivity contribution in [2.45, 2.75) is 6.92 Å². The van der Waals surface area contributed by atoms with E-state index in [2.05, 4.69) is 20.8 Å². The van der Waals surface area contributed by atoms with Crippen LogP contribution in [0.4, 0.5) is 0 Å². The molecule has 2 aromatic heterocycles. The van der Waals surface area contributed by atoms with Crippen molar-refractivity contribution in [3.05, 3.63) is 23.5 Å². The normalized spacial score (nSPS) is 10.7. The molecule has 2 aromatic rings. The predicted molar refractivity (Wildman–Crippen MR) is 62.8 cm³/mol. The van der Waals surface area contributed by atoms with Crippen molar-refractivity contribution in [2.75, 3.05) is 20.1 Å². The molecule has 1 amide bonds. The van der Waals surface area contributed by atoms with Gasteiger partial charge < -0.3 is 15.2 Å². The van der Waals surface area contributed by atoms with E-state index >= 15 is 0 Å². The Balaban J connectivity index is 2.17. The zero-order valence-electron chi connectivity index (χ0n) is 9.78. The molecule has 6 heteroatoms. The van der Waals surface area contributed by atoms with Gasteiger partial charge in [0.2, 0.25) is 0 Å². The van der Waals surface area contributed by atoms with Gasteiger partial charge in [-0.15, -0.1) is 0 Å². The highest BCUT2D eigenvalue weighted by molar-refractivity contribution is 5.96. The number of nitrogens with one attached hydrogen (secondary N) is 2. The lowest BCUT2D eigenvalue weighted by Gasteiger charge is -2.03. The van der Waals surface area contributed by atoms with Gasteiger partial charge >= 0.3 is 0 Å². The van der Waals surface area contributed by atoms with Crippen LogP contribution in [0.3, 0.4) is 0 Å². The lowest BCUT2D eigenvalue weighted by molar-refractivity contribution is 0.0954. The van der Waals surface area contributed by atoms with Gasteiger partial charge in [0, 0.05) is 19.3 Å². The third-order valence-electron chi connectivity index (χ3n) is 2.43. The summed E-state index contributed by atoms with van der Waals surface area (Å²) in [4.78, 5) is 15.8. The first kappa shape index (κ1) is 11.5. The molecule has 0 bridgehead atoms. The van der Waals surface area contributed by atoms with Gasteiger partial charge in [0.15, 0.2) is 0 Å². The molecule has 0 aliphatic rings. The molecule has 0 saturated heterocycles. The molecule has 17 heavy (non-hydrogen) atoms. The first-order valence-corrected chi connectivity index (χ1v) is 5.37. The van der Waals surface area contributed by atoms with Gasteiger partial charge in [-0.25, -0.2) is 4.98 Å². The summed E-state index contributed by atoms with van der Waals surface area (Å²) in [5, 5.41) is 10.3. The zero-order chi connectivity index (χ0) is 12.3. The molecule has 0 aliphatic heterocycles. The average Bonchev–Trinajstić information content (AvgIpc) is 2.71. The number of aryl methyl sites for hydroxylation is 1. The Kier molecular flexibility index (Phi) is 3.34. The first-order chi connectivity index (χ1) is 8.22. The molecule has 0 fully saturated rings. The van der Waals surface area contributed by atoms with Gasteiger partial charge in [-0.2, -0.15) is 0 Å². The Bertz CT molecular complexity index is 535. The minimum atomic E-state index is -0.143. The third kappa shape index (κ3) is 2.42. The number of rotatable bonds is 4. The Labute approximate surface area is 98.4 Å². The maximum Gasteiger partial charge on any atom is 0.257 e. The molecular formula is C11H14N4O2. The van der Waals surface area contributed by atoms with E-state index in [1.165, 1.54) is 6.20 Å². The summed E-state index contributed by atoms with van der Waals surface area (Å²) >= 11 is 0. The fourth-order valence-corrected chi connectivity index (χ4v) is 1.47. The first-order valence-electron chi connectivity index (χ1n) is 5.37. The molecule has 2 rings (SSSR count).